The summed E-state index contributed by atoms with van der Waals surface area (Å²) in [5, 5.41) is 0. The van der Waals surface area contributed by atoms with Gasteiger partial charge < -0.3 is 4.90 Å². The Balaban J connectivity index is 1.14. The zero-order valence-corrected chi connectivity index (χ0v) is 36.5. The van der Waals surface area contributed by atoms with Crippen molar-refractivity contribution in [3.8, 4) is 66.8 Å². The first-order chi connectivity index (χ1) is 32.0. The van der Waals surface area contributed by atoms with Gasteiger partial charge in [0.2, 0.25) is 0 Å². The van der Waals surface area contributed by atoms with Crippen LogP contribution in [0.4, 0.5) is 17.1 Å². The molecule has 10 aromatic rings. The molecule has 0 saturated carbocycles. The third-order valence-electron chi connectivity index (χ3n) is 14.7. The first-order valence-corrected chi connectivity index (χ1v) is 22.9. The zero-order valence-electron chi connectivity index (χ0n) is 36.5. The monoisotopic (exact) mass is 827 g/mol. The number of rotatable bonds is 6. The van der Waals surface area contributed by atoms with Crippen LogP contribution in [-0.2, 0) is 10.8 Å². The quantitative estimate of drug-likeness (QED) is 0.161. The minimum Gasteiger partial charge on any atom is -0.309 e. The summed E-state index contributed by atoms with van der Waals surface area (Å²) in [6.45, 7) is 4.76. The first kappa shape index (κ1) is 37.5. The Morgan fingerprint density at radius 3 is 1.31 bits per heavy atom. The number of anilines is 3. The molecule has 0 N–H and O–H groups in total. The van der Waals surface area contributed by atoms with E-state index in [-0.39, 0.29) is 5.41 Å². The van der Waals surface area contributed by atoms with E-state index in [1.807, 2.05) is 0 Å². The van der Waals surface area contributed by atoms with Gasteiger partial charge in [0, 0.05) is 22.2 Å². The second-order valence-corrected chi connectivity index (χ2v) is 18.3. The summed E-state index contributed by atoms with van der Waals surface area (Å²) in [5.74, 6) is 0. The van der Waals surface area contributed by atoms with Crippen LogP contribution in [0.15, 0.2) is 237 Å². The van der Waals surface area contributed by atoms with Gasteiger partial charge in [-0.25, -0.2) is 0 Å². The molecular weight excluding hydrogens is 783 g/mol. The third-order valence-corrected chi connectivity index (χ3v) is 14.7. The summed E-state index contributed by atoms with van der Waals surface area (Å²) in [7, 11) is 0. The summed E-state index contributed by atoms with van der Waals surface area (Å²) < 4.78 is 0. The minimum absolute atomic E-state index is 0.172. The van der Waals surface area contributed by atoms with E-state index >= 15 is 0 Å². The van der Waals surface area contributed by atoms with Crippen molar-refractivity contribution in [1.29, 1.82) is 0 Å². The highest BCUT2D eigenvalue weighted by Crippen LogP contribution is 2.64. The highest BCUT2D eigenvalue weighted by Gasteiger charge is 2.51. The summed E-state index contributed by atoms with van der Waals surface area (Å²) in [6, 6.07) is 88.3. The Morgan fingerprint density at radius 1 is 0.277 bits per heavy atom. The van der Waals surface area contributed by atoms with Crippen molar-refractivity contribution in [3.63, 3.8) is 0 Å². The minimum atomic E-state index is -0.424. The summed E-state index contributed by atoms with van der Waals surface area (Å²) >= 11 is 0. The molecule has 3 aliphatic rings. The van der Waals surface area contributed by atoms with Gasteiger partial charge in [0.15, 0.2) is 0 Å². The SMILES string of the molecule is CC1(C)c2ccccc2-c2c(N(c3ccc4c(c3)-c3ccccc3C43c4ccccc4-c4ccccc43)c3cccc(-c4ccccc4)c3-c3ccccc3-c3ccccc3)cccc21. The van der Waals surface area contributed by atoms with Crippen molar-refractivity contribution in [2.75, 3.05) is 4.90 Å². The Morgan fingerprint density at radius 2 is 0.692 bits per heavy atom. The van der Waals surface area contributed by atoms with E-state index in [0.717, 1.165) is 11.4 Å². The molecule has 13 rings (SSSR count). The molecule has 1 heteroatoms. The van der Waals surface area contributed by atoms with Gasteiger partial charge in [0.25, 0.3) is 0 Å². The van der Waals surface area contributed by atoms with E-state index in [2.05, 4.69) is 255 Å². The molecule has 0 amide bonds. The van der Waals surface area contributed by atoms with Crippen LogP contribution in [0.1, 0.15) is 47.2 Å². The smallest absolute Gasteiger partial charge is 0.0725 e. The van der Waals surface area contributed by atoms with E-state index in [4.69, 9.17) is 0 Å². The van der Waals surface area contributed by atoms with Crippen LogP contribution in [0.5, 0.6) is 0 Å². The van der Waals surface area contributed by atoms with Crippen molar-refractivity contribution in [3.05, 3.63) is 270 Å². The van der Waals surface area contributed by atoms with Gasteiger partial charge >= 0.3 is 0 Å². The molecule has 0 saturated heterocycles. The maximum absolute atomic E-state index is 2.59. The Hall–Kier alpha value is -8.00. The molecule has 0 fully saturated rings. The molecule has 306 valence electrons. The lowest BCUT2D eigenvalue weighted by atomic mass is 9.70. The number of hydrogen-bond acceptors (Lipinski definition) is 1. The van der Waals surface area contributed by atoms with E-state index in [0.29, 0.717) is 0 Å². The van der Waals surface area contributed by atoms with Gasteiger partial charge in [-0.3, -0.25) is 0 Å². The fourth-order valence-corrected chi connectivity index (χ4v) is 12.0. The molecule has 0 unspecified atom stereocenters. The third kappa shape index (κ3) is 5.27. The Bertz CT molecular complexity index is 3480. The molecule has 0 aliphatic heterocycles. The van der Waals surface area contributed by atoms with Crippen molar-refractivity contribution in [2.45, 2.75) is 24.7 Å². The predicted octanol–water partition coefficient (Wildman–Crippen LogP) is 16.8. The lowest BCUT2D eigenvalue weighted by Crippen LogP contribution is -2.25. The van der Waals surface area contributed by atoms with Gasteiger partial charge in [0.1, 0.15) is 0 Å². The van der Waals surface area contributed by atoms with Crippen LogP contribution in [-0.4, -0.2) is 0 Å². The second kappa shape index (κ2) is 14.3. The van der Waals surface area contributed by atoms with Gasteiger partial charge in [0.05, 0.1) is 16.8 Å². The molecule has 1 nitrogen and oxygen atoms in total. The van der Waals surface area contributed by atoms with E-state index < -0.39 is 5.41 Å². The average molecular weight is 828 g/mol. The molecule has 0 bridgehead atoms. The predicted molar refractivity (Wildman–Crippen MR) is 271 cm³/mol. The highest BCUT2D eigenvalue weighted by molar-refractivity contribution is 6.05. The van der Waals surface area contributed by atoms with E-state index in [1.165, 1.54) is 106 Å². The maximum atomic E-state index is 2.59. The Kier molecular flexibility index (Phi) is 8.24. The van der Waals surface area contributed by atoms with Crippen LogP contribution < -0.4 is 4.90 Å². The van der Waals surface area contributed by atoms with Crippen LogP contribution in [0.25, 0.3) is 66.8 Å². The Labute approximate surface area is 381 Å². The lowest BCUT2D eigenvalue weighted by Gasteiger charge is -2.33. The highest BCUT2D eigenvalue weighted by atomic mass is 15.1. The standard InChI is InChI=1S/C64H45N/c1-63(2)53-32-15-14-30-51(53)62-58(63)36-20-38-60(62)65(59-37-19-31-46(43-23-7-4-8-24-43)61(59)50-29-10-9-25-45(50)42-21-5-3-6-22-42)44-39-40-57-52(41-44)49-28-13-18-35-56(49)64(57)54-33-16-11-26-47(54)48-27-12-17-34-55(48)64/h3-41H,1-2H3. The molecule has 0 atom stereocenters. The topological polar surface area (TPSA) is 3.24 Å². The number of fused-ring (bicyclic) bond motifs is 13. The largest absolute Gasteiger partial charge is 0.309 e. The van der Waals surface area contributed by atoms with Crippen molar-refractivity contribution in [2.24, 2.45) is 0 Å². The number of nitrogens with zero attached hydrogens (tertiary/aromatic N) is 1. The number of hydrogen-bond donors (Lipinski definition) is 0. The van der Waals surface area contributed by atoms with Crippen molar-refractivity contribution < 1.29 is 0 Å². The van der Waals surface area contributed by atoms with Crippen LogP contribution in [0, 0.1) is 0 Å². The van der Waals surface area contributed by atoms with Crippen molar-refractivity contribution >= 4 is 17.1 Å². The maximum Gasteiger partial charge on any atom is 0.0725 e. The van der Waals surface area contributed by atoms with E-state index in [9.17, 15) is 0 Å². The van der Waals surface area contributed by atoms with E-state index in [1.54, 1.807) is 0 Å². The molecule has 0 heterocycles. The second-order valence-electron chi connectivity index (χ2n) is 18.3. The molecular formula is C64H45N. The summed E-state index contributed by atoms with van der Waals surface area (Å²) in [4.78, 5) is 2.59. The summed E-state index contributed by atoms with van der Waals surface area (Å²) in [6.07, 6.45) is 0. The molecule has 0 aromatic heterocycles. The van der Waals surface area contributed by atoms with Crippen LogP contribution >= 0.6 is 0 Å². The molecule has 65 heavy (non-hydrogen) atoms. The van der Waals surface area contributed by atoms with Gasteiger partial charge in [-0.2, -0.15) is 0 Å². The molecule has 1 spiro atoms. The van der Waals surface area contributed by atoms with Crippen LogP contribution in [0.3, 0.4) is 0 Å². The zero-order chi connectivity index (χ0) is 43.3. The van der Waals surface area contributed by atoms with Crippen molar-refractivity contribution in [1.82, 2.24) is 0 Å². The fraction of sp³-hybridized carbons (Fsp3) is 0.0625. The molecule has 3 aliphatic carbocycles. The molecule has 0 radical (unpaired) electrons. The van der Waals surface area contributed by atoms with Gasteiger partial charge in [-0.05, 0) is 113 Å². The lowest BCUT2D eigenvalue weighted by molar-refractivity contribution is 0.660. The average Bonchev–Trinajstić information content (AvgIpc) is 3.93. The summed E-state index contributed by atoms with van der Waals surface area (Å²) in [5.41, 5.74) is 25.8. The van der Waals surface area contributed by atoms with Gasteiger partial charge in [-0.1, -0.05) is 226 Å². The fourth-order valence-electron chi connectivity index (χ4n) is 12.0. The number of benzene rings is 10. The molecule has 10 aromatic carbocycles. The first-order valence-electron chi connectivity index (χ1n) is 22.9. The van der Waals surface area contributed by atoms with Gasteiger partial charge in [-0.15, -0.1) is 0 Å². The normalized spacial score (nSPS) is 13.9. The van der Waals surface area contributed by atoms with Crippen LogP contribution in [0.2, 0.25) is 0 Å².